The number of hydrogen-bond donors (Lipinski definition) is 0. The van der Waals surface area contributed by atoms with E-state index in [4.69, 9.17) is 23.2 Å². The standard InChI is InChI=1S/C11H8BrCl2N3/c12-8-5-7(3-4-9(8)13)17-10(6-1-2-6)15-16-11(17)14/h3-6H,1-2H2. The third-order valence-corrected chi connectivity index (χ3v) is 4.21. The minimum Gasteiger partial charge on any atom is -0.269 e. The first-order valence-corrected chi connectivity index (χ1v) is 6.78. The van der Waals surface area contributed by atoms with Crippen molar-refractivity contribution in [1.29, 1.82) is 0 Å². The maximum atomic E-state index is 6.08. The Balaban J connectivity index is 2.13. The van der Waals surface area contributed by atoms with E-state index in [1.165, 1.54) is 0 Å². The number of aromatic nitrogens is 3. The number of benzene rings is 1. The van der Waals surface area contributed by atoms with Crippen LogP contribution in [-0.4, -0.2) is 14.8 Å². The highest BCUT2D eigenvalue weighted by Crippen LogP contribution is 2.41. The van der Waals surface area contributed by atoms with Gasteiger partial charge in [0.25, 0.3) is 0 Å². The fourth-order valence-electron chi connectivity index (χ4n) is 1.75. The summed E-state index contributed by atoms with van der Waals surface area (Å²) in [6.45, 7) is 0. The Labute approximate surface area is 117 Å². The van der Waals surface area contributed by atoms with E-state index >= 15 is 0 Å². The monoisotopic (exact) mass is 331 g/mol. The molecular weight excluding hydrogens is 325 g/mol. The van der Waals surface area contributed by atoms with Crippen molar-refractivity contribution in [3.8, 4) is 5.69 Å². The van der Waals surface area contributed by atoms with Gasteiger partial charge in [-0.3, -0.25) is 4.57 Å². The third kappa shape index (κ3) is 2.09. The van der Waals surface area contributed by atoms with E-state index in [1.54, 1.807) is 0 Å². The van der Waals surface area contributed by atoms with Crippen LogP contribution in [0.2, 0.25) is 10.3 Å². The number of hydrogen-bond acceptors (Lipinski definition) is 2. The van der Waals surface area contributed by atoms with Crippen LogP contribution >= 0.6 is 39.1 Å². The molecule has 0 aliphatic heterocycles. The molecule has 0 amide bonds. The van der Waals surface area contributed by atoms with Crippen molar-refractivity contribution in [3.05, 3.63) is 38.8 Å². The minimum absolute atomic E-state index is 0.390. The first-order chi connectivity index (χ1) is 8.16. The molecule has 1 aromatic heterocycles. The molecule has 1 saturated carbocycles. The van der Waals surface area contributed by atoms with Crippen LogP contribution in [0.1, 0.15) is 24.6 Å². The molecule has 0 bridgehead atoms. The van der Waals surface area contributed by atoms with Crippen LogP contribution in [0.4, 0.5) is 0 Å². The van der Waals surface area contributed by atoms with Crippen LogP contribution < -0.4 is 0 Å². The quantitative estimate of drug-likeness (QED) is 0.824. The lowest BCUT2D eigenvalue weighted by molar-refractivity contribution is 0.871. The normalized spacial score (nSPS) is 15.2. The molecule has 0 radical (unpaired) electrons. The molecule has 6 heteroatoms. The van der Waals surface area contributed by atoms with E-state index in [0.717, 1.165) is 28.8 Å². The summed E-state index contributed by atoms with van der Waals surface area (Å²) < 4.78 is 2.71. The van der Waals surface area contributed by atoms with E-state index < -0.39 is 0 Å². The molecule has 3 rings (SSSR count). The van der Waals surface area contributed by atoms with Crippen LogP contribution in [0.3, 0.4) is 0 Å². The zero-order valence-corrected chi connectivity index (χ0v) is 11.8. The van der Waals surface area contributed by atoms with Gasteiger partial charge in [-0.1, -0.05) is 11.6 Å². The number of nitrogens with zero attached hydrogens (tertiary/aromatic N) is 3. The highest BCUT2D eigenvalue weighted by atomic mass is 79.9. The van der Waals surface area contributed by atoms with E-state index in [-0.39, 0.29) is 0 Å². The largest absolute Gasteiger partial charge is 0.269 e. The van der Waals surface area contributed by atoms with Crippen molar-refractivity contribution in [2.24, 2.45) is 0 Å². The molecule has 1 aliphatic carbocycles. The second kappa shape index (κ2) is 4.26. The van der Waals surface area contributed by atoms with Gasteiger partial charge in [-0.05, 0) is 58.6 Å². The van der Waals surface area contributed by atoms with Crippen molar-refractivity contribution in [2.45, 2.75) is 18.8 Å². The van der Waals surface area contributed by atoms with Gasteiger partial charge < -0.3 is 0 Å². The molecule has 1 fully saturated rings. The molecule has 0 N–H and O–H groups in total. The van der Waals surface area contributed by atoms with E-state index in [0.29, 0.717) is 16.2 Å². The average Bonchev–Trinajstić information content (AvgIpc) is 3.07. The molecule has 0 atom stereocenters. The predicted molar refractivity (Wildman–Crippen MR) is 71.1 cm³/mol. The smallest absolute Gasteiger partial charge is 0.229 e. The van der Waals surface area contributed by atoms with Crippen molar-refractivity contribution in [3.63, 3.8) is 0 Å². The van der Waals surface area contributed by atoms with Gasteiger partial charge in [0.2, 0.25) is 5.28 Å². The van der Waals surface area contributed by atoms with Gasteiger partial charge in [-0.25, -0.2) is 0 Å². The summed E-state index contributed by atoms with van der Waals surface area (Å²) in [7, 11) is 0. The van der Waals surface area contributed by atoms with E-state index in [2.05, 4.69) is 26.1 Å². The molecule has 1 aromatic carbocycles. The van der Waals surface area contributed by atoms with Gasteiger partial charge >= 0.3 is 0 Å². The fourth-order valence-corrected chi connectivity index (χ4v) is 2.45. The summed E-state index contributed by atoms with van der Waals surface area (Å²) in [5.74, 6) is 1.42. The van der Waals surface area contributed by atoms with Gasteiger partial charge in [0.05, 0.1) is 10.7 Å². The molecule has 0 saturated heterocycles. The second-order valence-electron chi connectivity index (χ2n) is 4.04. The highest BCUT2D eigenvalue weighted by Gasteiger charge is 2.30. The Morgan fingerprint density at radius 2 is 2.00 bits per heavy atom. The molecule has 0 spiro atoms. The summed E-state index contributed by atoms with van der Waals surface area (Å²) in [4.78, 5) is 0. The maximum Gasteiger partial charge on any atom is 0.229 e. The topological polar surface area (TPSA) is 30.7 Å². The zero-order chi connectivity index (χ0) is 12.0. The van der Waals surface area contributed by atoms with Gasteiger partial charge in [-0.15, -0.1) is 10.2 Å². The van der Waals surface area contributed by atoms with Gasteiger partial charge in [-0.2, -0.15) is 0 Å². The Bertz CT molecular complexity index is 578. The molecular formula is C11H8BrCl2N3. The van der Waals surface area contributed by atoms with Crippen LogP contribution in [-0.2, 0) is 0 Å². The average molecular weight is 333 g/mol. The molecule has 3 nitrogen and oxygen atoms in total. The van der Waals surface area contributed by atoms with Crippen LogP contribution in [0, 0.1) is 0 Å². The lowest BCUT2D eigenvalue weighted by Crippen LogP contribution is -2.00. The van der Waals surface area contributed by atoms with Gasteiger partial charge in [0.1, 0.15) is 5.82 Å². The lowest BCUT2D eigenvalue weighted by Gasteiger charge is -2.08. The van der Waals surface area contributed by atoms with Crippen molar-refractivity contribution < 1.29 is 0 Å². The first kappa shape index (κ1) is 11.5. The summed E-state index contributed by atoms with van der Waals surface area (Å²) in [5, 5.41) is 9.14. The zero-order valence-electron chi connectivity index (χ0n) is 8.70. The Morgan fingerprint density at radius 1 is 1.24 bits per heavy atom. The highest BCUT2D eigenvalue weighted by molar-refractivity contribution is 9.10. The SMILES string of the molecule is Clc1ccc(-n2c(Cl)nnc2C2CC2)cc1Br. The van der Waals surface area contributed by atoms with E-state index in [9.17, 15) is 0 Å². The molecule has 2 aromatic rings. The van der Waals surface area contributed by atoms with Crippen molar-refractivity contribution >= 4 is 39.1 Å². The summed E-state index contributed by atoms with van der Waals surface area (Å²) in [6.07, 6.45) is 2.31. The Kier molecular flexibility index (Phi) is 2.89. The minimum atomic E-state index is 0.390. The molecule has 1 heterocycles. The number of halogens is 3. The van der Waals surface area contributed by atoms with Crippen molar-refractivity contribution in [1.82, 2.24) is 14.8 Å². The van der Waals surface area contributed by atoms with Crippen LogP contribution in [0.25, 0.3) is 5.69 Å². The maximum absolute atomic E-state index is 6.08. The van der Waals surface area contributed by atoms with Crippen LogP contribution in [0.5, 0.6) is 0 Å². The number of rotatable bonds is 2. The Hall–Kier alpha value is -0.580. The van der Waals surface area contributed by atoms with Crippen molar-refractivity contribution in [2.75, 3.05) is 0 Å². The molecule has 88 valence electrons. The predicted octanol–water partition coefficient (Wildman–Crippen LogP) is 4.21. The third-order valence-electron chi connectivity index (χ3n) is 2.75. The van der Waals surface area contributed by atoms with Gasteiger partial charge in [0.15, 0.2) is 0 Å². The molecule has 1 aliphatic rings. The van der Waals surface area contributed by atoms with E-state index in [1.807, 2.05) is 22.8 Å². The fraction of sp³-hybridized carbons (Fsp3) is 0.273. The molecule has 0 unspecified atom stereocenters. The van der Waals surface area contributed by atoms with Crippen LogP contribution in [0.15, 0.2) is 22.7 Å². The second-order valence-corrected chi connectivity index (χ2v) is 5.63. The summed E-state index contributed by atoms with van der Waals surface area (Å²) in [6, 6.07) is 5.66. The first-order valence-electron chi connectivity index (χ1n) is 5.23. The molecule has 17 heavy (non-hydrogen) atoms. The Morgan fingerprint density at radius 3 is 2.65 bits per heavy atom. The summed E-state index contributed by atoms with van der Waals surface area (Å²) >= 11 is 15.5. The van der Waals surface area contributed by atoms with Gasteiger partial charge in [0, 0.05) is 10.4 Å². The summed E-state index contributed by atoms with van der Waals surface area (Å²) in [5.41, 5.74) is 0.929. The lowest BCUT2D eigenvalue weighted by atomic mass is 10.3.